The van der Waals surface area contributed by atoms with E-state index in [2.05, 4.69) is 12.2 Å². The van der Waals surface area contributed by atoms with Crippen LogP contribution in [0.15, 0.2) is 0 Å². The Morgan fingerprint density at radius 2 is 1.86 bits per heavy atom. The van der Waals surface area contributed by atoms with E-state index >= 15 is 0 Å². The topological polar surface area (TPSA) is 58.6 Å². The molecule has 2 aliphatic rings. The summed E-state index contributed by atoms with van der Waals surface area (Å²) < 4.78 is 5.18. The Bertz CT molecular complexity index is 417. The van der Waals surface area contributed by atoms with Gasteiger partial charge in [0.2, 0.25) is 5.91 Å². The second-order valence-electron chi connectivity index (χ2n) is 7.72. The second kappa shape index (κ2) is 6.88. The molecule has 0 aromatic heterocycles. The lowest BCUT2D eigenvalue weighted by Gasteiger charge is -2.47. The Morgan fingerprint density at radius 1 is 1.18 bits per heavy atom. The van der Waals surface area contributed by atoms with Gasteiger partial charge in [0.05, 0.1) is 0 Å². The summed E-state index contributed by atoms with van der Waals surface area (Å²) in [6.07, 6.45) is 5.37. The fourth-order valence-electron chi connectivity index (χ4n) is 3.79. The summed E-state index contributed by atoms with van der Waals surface area (Å²) in [5.41, 5.74) is -0.540. The highest BCUT2D eigenvalue weighted by Gasteiger charge is 2.39. The summed E-state index contributed by atoms with van der Waals surface area (Å²) >= 11 is 0. The highest BCUT2D eigenvalue weighted by atomic mass is 16.6. The summed E-state index contributed by atoms with van der Waals surface area (Å²) in [6.45, 7) is 8.60. The van der Waals surface area contributed by atoms with Crippen molar-refractivity contribution >= 4 is 12.0 Å². The minimum atomic E-state index is -0.540. The van der Waals surface area contributed by atoms with Gasteiger partial charge in [0.25, 0.3) is 0 Å². The number of carbonyl (C=O) groups is 2. The molecule has 0 radical (unpaired) electrons. The number of hydrogen-bond donors (Lipinski definition) is 1. The van der Waals surface area contributed by atoms with Gasteiger partial charge in [-0.1, -0.05) is 19.8 Å². The fraction of sp³-hybridized carbons (Fsp3) is 0.882. The van der Waals surface area contributed by atoms with E-state index in [0.29, 0.717) is 17.9 Å². The van der Waals surface area contributed by atoms with Gasteiger partial charge in [0.15, 0.2) is 0 Å². The second-order valence-corrected chi connectivity index (χ2v) is 7.72. The summed E-state index contributed by atoms with van der Waals surface area (Å²) in [6, 6.07) is 0.366. The Hall–Kier alpha value is -1.26. The summed E-state index contributed by atoms with van der Waals surface area (Å²) in [4.78, 5) is 26.2. The molecule has 0 bridgehead atoms. The normalized spacial score (nSPS) is 28.7. The lowest BCUT2D eigenvalue weighted by atomic mass is 9.72. The largest absolute Gasteiger partial charge is 0.444 e. The van der Waals surface area contributed by atoms with Crippen LogP contribution in [0.1, 0.15) is 59.8 Å². The molecule has 1 aliphatic heterocycles. The van der Waals surface area contributed by atoms with E-state index in [1.807, 2.05) is 25.7 Å². The Labute approximate surface area is 133 Å². The van der Waals surface area contributed by atoms with E-state index in [9.17, 15) is 9.59 Å². The zero-order valence-corrected chi connectivity index (χ0v) is 14.4. The number of rotatable bonds is 2. The predicted octanol–water partition coefficient (Wildman–Crippen LogP) is 2.94. The van der Waals surface area contributed by atoms with Crippen LogP contribution in [0.3, 0.4) is 0 Å². The van der Waals surface area contributed by atoms with Gasteiger partial charge in [-0.2, -0.15) is 0 Å². The lowest BCUT2D eigenvalue weighted by molar-refractivity contribution is -0.138. The third kappa shape index (κ3) is 4.37. The van der Waals surface area contributed by atoms with Gasteiger partial charge in [-0.3, -0.25) is 4.79 Å². The van der Waals surface area contributed by atoms with Crippen LogP contribution in [0.4, 0.5) is 4.79 Å². The number of nitrogens with one attached hydrogen (secondary N) is 1. The smallest absolute Gasteiger partial charge is 0.408 e. The van der Waals surface area contributed by atoms with Crippen LogP contribution < -0.4 is 5.32 Å². The van der Waals surface area contributed by atoms with Gasteiger partial charge in [-0.25, -0.2) is 4.79 Å². The van der Waals surface area contributed by atoms with Crippen molar-refractivity contribution in [2.24, 2.45) is 11.8 Å². The number of carbonyl (C=O) groups excluding carboxylic acids is 2. The molecule has 0 aromatic rings. The lowest BCUT2D eigenvalue weighted by Crippen LogP contribution is -2.54. The molecular formula is C17H30N2O3. The van der Waals surface area contributed by atoms with Gasteiger partial charge in [0.1, 0.15) is 12.1 Å². The Morgan fingerprint density at radius 3 is 2.55 bits per heavy atom. The molecule has 3 atom stereocenters. The first-order valence-electron chi connectivity index (χ1n) is 8.54. The number of amides is 2. The van der Waals surface area contributed by atoms with Crippen molar-refractivity contribution < 1.29 is 14.3 Å². The van der Waals surface area contributed by atoms with E-state index in [4.69, 9.17) is 4.74 Å². The molecule has 2 fully saturated rings. The summed E-state index contributed by atoms with van der Waals surface area (Å²) in [5, 5.41) is 2.59. The third-order valence-electron chi connectivity index (χ3n) is 4.84. The number of likely N-dealkylation sites (tertiary alicyclic amines) is 1. The first-order chi connectivity index (χ1) is 10.3. The first kappa shape index (κ1) is 17.1. The zero-order valence-electron chi connectivity index (χ0n) is 14.4. The van der Waals surface area contributed by atoms with Crippen molar-refractivity contribution in [2.45, 2.75) is 71.4 Å². The average molecular weight is 310 g/mol. The Balaban J connectivity index is 1.87. The van der Waals surface area contributed by atoms with Crippen molar-refractivity contribution in [3.8, 4) is 0 Å². The maximum Gasteiger partial charge on any atom is 0.408 e. The molecule has 1 aliphatic carbocycles. The minimum Gasteiger partial charge on any atom is -0.444 e. The fourth-order valence-corrected chi connectivity index (χ4v) is 3.79. The molecule has 5 nitrogen and oxygen atoms in total. The van der Waals surface area contributed by atoms with Crippen LogP contribution in [0, 0.1) is 11.8 Å². The third-order valence-corrected chi connectivity index (χ3v) is 4.84. The van der Waals surface area contributed by atoms with Crippen molar-refractivity contribution in [1.29, 1.82) is 0 Å². The Kier molecular flexibility index (Phi) is 5.35. The van der Waals surface area contributed by atoms with E-state index in [1.165, 1.54) is 19.3 Å². The summed E-state index contributed by atoms with van der Waals surface area (Å²) in [7, 11) is 0. The van der Waals surface area contributed by atoms with E-state index in [1.54, 1.807) is 0 Å². The van der Waals surface area contributed by atoms with Gasteiger partial charge in [-0.15, -0.1) is 0 Å². The number of ether oxygens (including phenoxy) is 1. The first-order valence-corrected chi connectivity index (χ1v) is 8.54. The van der Waals surface area contributed by atoms with Crippen LogP contribution in [-0.2, 0) is 9.53 Å². The van der Waals surface area contributed by atoms with Gasteiger partial charge < -0.3 is 15.0 Å². The van der Waals surface area contributed by atoms with Crippen molar-refractivity contribution in [3.63, 3.8) is 0 Å². The molecule has 1 saturated heterocycles. The summed E-state index contributed by atoms with van der Waals surface area (Å²) in [5.74, 6) is 1.36. The predicted molar refractivity (Wildman–Crippen MR) is 85.5 cm³/mol. The molecule has 5 heteroatoms. The van der Waals surface area contributed by atoms with E-state index < -0.39 is 11.7 Å². The van der Waals surface area contributed by atoms with Crippen LogP contribution in [-0.4, -0.2) is 41.6 Å². The van der Waals surface area contributed by atoms with Gasteiger partial charge in [0, 0.05) is 12.6 Å². The van der Waals surface area contributed by atoms with E-state index in [-0.39, 0.29) is 12.5 Å². The molecular weight excluding hydrogens is 280 g/mol. The van der Waals surface area contributed by atoms with Crippen molar-refractivity contribution in [1.82, 2.24) is 10.2 Å². The van der Waals surface area contributed by atoms with Gasteiger partial charge >= 0.3 is 6.09 Å². The average Bonchev–Trinajstić information content (AvgIpc) is 2.44. The van der Waals surface area contributed by atoms with Crippen LogP contribution in [0.25, 0.3) is 0 Å². The highest BCUT2D eigenvalue weighted by molar-refractivity contribution is 5.82. The maximum absolute atomic E-state index is 12.5. The molecule has 1 saturated carbocycles. The number of fused-ring (bicyclic) bond motifs is 1. The quantitative estimate of drug-likeness (QED) is 0.853. The molecule has 2 amide bonds. The van der Waals surface area contributed by atoms with Crippen LogP contribution >= 0.6 is 0 Å². The standard InChI is InChI=1S/C17H30N2O3/c1-12-9-10-19(14-8-6-5-7-13(12)14)15(20)11-18-16(21)22-17(2,3)4/h12-14H,5-11H2,1-4H3,(H,18,21)/t12-,13-,14+/m1/s1. The minimum absolute atomic E-state index is 0.0228. The van der Waals surface area contributed by atoms with Gasteiger partial charge in [-0.05, 0) is 51.9 Å². The van der Waals surface area contributed by atoms with Crippen LogP contribution in [0.5, 0.6) is 0 Å². The maximum atomic E-state index is 12.5. The molecule has 126 valence electrons. The van der Waals surface area contributed by atoms with Crippen LogP contribution in [0.2, 0.25) is 0 Å². The van der Waals surface area contributed by atoms with Crippen molar-refractivity contribution in [2.75, 3.05) is 13.1 Å². The molecule has 0 aromatic carbocycles. The monoisotopic (exact) mass is 310 g/mol. The molecule has 2 rings (SSSR count). The number of piperidine rings is 1. The SMILES string of the molecule is C[C@@H]1CCN(C(=O)CNC(=O)OC(C)(C)C)[C@H]2CCCC[C@H]12. The number of hydrogen-bond acceptors (Lipinski definition) is 3. The van der Waals surface area contributed by atoms with E-state index in [0.717, 1.165) is 19.4 Å². The highest BCUT2D eigenvalue weighted by Crippen LogP contribution is 2.38. The molecule has 0 spiro atoms. The number of alkyl carbamates (subject to hydrolysis) is 1. The molecule has 1 heterocycles. The molecule has 0 unspecified atom stereocenters. The zero-order chi connectivity index (χ0) is 16.3. The van der Waals surface area contributed by atoms with Crippen molar-refractivity contribution in [3.05, 3.63) is 0 Å². The molecule has 1 N–H and O–H groups in total. The number of nitrogens with zero attached hydrogens (tertiary/aromatic N) is 1. The molecule has 22 heavy (non-hydrogen) atoms.